The lowest BCUT2D eigenvalue weighted by Crippen LogP contribution is -2.04. The number of carbonyl (C=O) groups is 1. The van der Waals surface area contributed by atoms with Crippen molar-refractivity contribution >= 4 is 17.5 Å². The molecule has 0 saturated heterocycles. The van der Waals surface area contributed by atoms with E-state index in [4.69, 9.17) is 9.15 Å². The van der Waals surface area contributed by atoms with Gasteiger partial charge in [0.1, 0.15) is 5.75 Å². The summed E-state index contributed by atoms with van der Waals surface area (Å²) in [5.74, 6) is 1.48. The topological polar surface area (TPSA) is 65.2 Å². The number of carbonyl (C=O) groups excluding carboxylic acids is 1. The zero-order chi connectivity index (χ0) is 19.4. The number of Topliss-reactive ketones (excluding diaryl/α,β-unsaturated/α-hetero) is 1. The number of nitrogens with zero attached hydrogens (tertiary/aromatic N) is 2. The standard InChI is InChI=1S/C21H22N2O3S/c1-13-6-8-17(16(4)9-13)18(24)12-27-21-23-22-20(26-21)11-25-19-10-14(2)5-7-15(19)3/h5-10H,11-12H2,1-4H3. The molecule has 0 radical (unpaired) electrons. The van der Waals surface area contributed by atoms with Gasteiger partial charge in [-0.2, -0.15) is 0 Å². The monoisotopic (exact) mass is 382 g/mol. The molecule has 6 heteroatoms. The van der Waals surface area contributed by atoms with Gasteiger partial charge in [0.05, 0.1) is 5.75 Å². The Kier molecular flexibility index (Phi) is 5.96. The van der Waals surface area contributed by atoms with Gasteiger partial charge in [-0.15, -0.1) is 10.2 Å². The van der Waals surface area contributed by atoms with Crippen LogP contribution >= 0.6 is 11.8 Å². The summed E-state index contributed by atoms with van der Waals surface area (Å²) in [6.45, 7) is 8.16. The van der Waals surface area contributed by atoms with Gasteiger partial charge in [-0.3, -0.25) is 4.79 Å². The minimum Gasteiger partial charge on any atom is -0.484 e. The van der Waals surface area contributed by atoms with E-state index < -0.39 is 0 Å². The number of ether oxygens (including phenoxy) is 1. The number of hydrogen-bond donors (Lipinski definition) is 0. The van der Waals surface area contributed by atoms with Crippen LogP contribution < -0.4 is 4.74 Å². The summed E-state index contributed by atoms with van der Waals surface area (Å²) < 4.78 is 11.3. The lowest BCUT2D eigenvalue weighted by Gasteiger charge is -2.07. The number of thioether (sulfide) groups is 1. The van der Waals surface area contributed by atoms with E-state index in [1.807, 2.05) is 64.1 Å². The lowest BCUT2D eigenvalue weighted by molar-refractivity contribution is 0.102. The van der Waals surface area contributed by atoms with Crippen molar-refractivity contribution in [3.05, 3.63) is 70.1 Å². The molecular formula is C21H22N2O3S. The van der Waals surface area contributed by atoms with Gasteiger partial charge in [0, 0.05) is 5.56 Å². The third kappa shape index (κ3) is 4.98. The summed E-state index contributed by atoms with van der Waals surface area (Å²) in [5, 5.41) is 8.34. The van der Waals surface area contributed by atoms with Crippen LogP contribution in [0.25, 0.3) is 0 Å². The maximum atomic E-state index is 12.4. The van der Waals surface area contributed by atoms with E-state index in [1.54, 1.807) is 0 Å². The highest BCUT2D eigenvalue weighted by Gasteiger charge is 2.13. The van der Waals surface area contributed by atoms with Crippen LogP contribution in [0.2, 0.25) is 0 Å². The predicted octanol–water partition coefficient (Wildman–Crippen LogP) is 4.86. The van der Waals surface area contributed by atoms with Gasteiger partial charge in [-0.1, -0.05) is 47.7 Å². The van der Waals surface area contributed by atoms with Crippen LogP contribution in [0.5, 0.6) is 5.75 Å². The van der Waals surface area contributed by atoms with Crippen LogP contribution in [0.3, 0.4) is 0 Å². The van der Waals surface area contributed by atoms with E-state index in [-0.39, 0.29) is 18.1 Å². The molecule has 3 aromatic rings. The Bertz CT molecular complexity index is 966. The van der Waals surface area contributed by atoms with Crippen molar-refractivity contribution in [2.24, 2.45) is 0 Å². The van der Waals surface area contributed by atoms with Crippen LogP contribution in [0.4, 0.5) is 0 Å². The minimum absolute atomic E-state index is 0.0453. The van der Waals surface area contributed by atoms with Crippen molar-refractivity contribution < 1.29 is 13.9 Å². The highest BCUT2D eigenvalue weighted by Crippen LogP contribution is 2.22. The fourth-order valence-corrected chi connectivity index (χ4v) is 3.35. The molecule has 0 unspecified atom stereocenters. The number of rotatable bonds is 7. The molecule has 1 aromatic heterocycles. The van der Waals surface area contributed by atoms with Gasteiger partial charge in [-0.25, -0.2) is 0 Å². The molecule has 2 aromatic carbocycles. The summed E-state index contributed by atoms with van der Waals surface area (Å²) in [4.78, 5) is 12.4. The minimum atomic E-state index is 0.0453. The summed E-state index contributed by atoms with van der Waals surface area (Å²) in [5.41, 5.74) is 5.03. The highest BCUT2D eigenvalue weighted by atomic mass is 32.2. The van der Waals surface area contributed by atoms with Crippen molar-refractivity contribution in [3.63, 3.8) is 0 Å². The first-order chi connectivity index (χ1) is 12.9. The maximum absolute atomic E-state index is 12.4. The molecule has 0 N–H and O–H groups in total. The Morgan fingerprint density at radius 1 is 1.00 bits per heavy atom. The van der Waals surface area contributed by atoms with Gasteiger partial charge < -0.3 is 9.15 Å². The first-order valence-electron chi connectivity index (χ1n) is 8.68. The van der Waals surface area contributed by atoms with Gasteiger partial charge in [0.2, 0.25) is 0 Å². The summed E-state index contributed by atoms with van der Waals surface area (Å²) in [7, 11) is 0. The van der Waals surface area contributed by atoms with Gasteiger partial charge in [0.25, 0.3) is 11.1 Å². The van der Waals surface area contributed by atoms with E-state index in [0.717, 1.165) is 33.6 Å². The SMILES string of the molecule is Cc1ccc(C(=O)CSc2nnc(COc3cc(C)ccc3C)o2)c(C)c1. The Labute approximate surface area is 163 Å². The molecule has 3 rings (SSSR count). The molecule has 0 fully saturated rings. The first kappa shape index (κ1) is 19.2. The Hall–Kier alpha value is -2.60. The fraction of sp³-hybridized carbons (Fsp3) is 0.286. The molecule has 0 aliphatic carbocycles. The molecule has 5 nitrogen and oxygen atoms in total. The van der Waals surface area contributed by atoms with E-state index in [9.17, 15) is 4.79 Å². The van der Waals surface area contributed by atoms with Crippen molar-refractivity contribution in [3.8, 4) is 5.75 Å². The lowest BCUT2D eigenvalue weighted by atomic mass is 10.0. The first-order valence-corrected chi connectivity index (χ1v) is 9.66. The average molecular weight is 382 g/mol. The number of ketones is 1. The molecule has 0 bridgehead atoms. The van der Waals surface area contributed by atoms with Gasteiger partial charge in [-0.05, 0) is 50.5 Å². The Balaban J connectivity index is 1.56. The number of hydrogen-bond acceptors (Lipinski definition) is 6. The quantitative estimate of drug-likeness (QED) is 0.430. The molecule has 0 saturated carbocycles. The second-order valence-corrected chi connectivity index (χ2v) is 7.48. The van der Waals surface area contributed by atoms with Crippen LogP contribution in [0.1, 0.15) is 38.5 Å². The van der Waals surface area contributed by atoms with E-state index in [0.29, 0.717) is 11.1 Å². The number of aryl methyl sites for hydroxylation is 4. The molecular weight excluding hydrogens is 360 g/mol. The number of benzene rings is 2. The van der Waals surface area contributed by atoms with Gasteiger partial charge in [0.15, 0.2) is 12.4 Å². The van der Waals surface area contributed by atoms with Gasteiger partial charge >= 0.3 is 0 Å². The summed E-state index contributed by atoms with van der Waals surface area (Å²) in [6.07, 6.45) is 0. The molecule has 0 spiro atoms. The molecule has 0 aliphatic rings. The third-order valence-corrected chi connectivity index (χ3v) is 4.97. The second-order valence-electron chi connectivity index (χ2n) is 6.55. The normalized spacial score (nSPS) is 10.8. The second kappa shape index (κ2) is 8.39. The molecule has 0 aliphatic heterocycles. The van der Waals surface area contributed by atoms with Crippen LogP contribution in [0.15, 0.2) is 46.0 Å². The van der Waals surface area contributed by atoms with Crippen molar-refractivity contribution in [1.29, 1.82) is 0 Å². The van der Waals surface area contributed by atoms with E-state index in [1.165, 1.54) is 11.8 Å². The smallest absolute Gasteiger partial charge is 0.277 e. The van der Waals surface area contributed by atoms with E-state index >= 15 is 0 Å². The van der Waals surface area contributed by atoms with Crippen molar-refractivity contribution in [2.45, 2.75) is 39.5 Å². The molecule has 1 heterocycles. The zero-order valence-electron chi connectivity index (χ0n) is 15.9. The average Bonchev–Trinajstić information content (AvgIpc) is 3.08. The largest absolute Gasteiger partial charge is 0.484 e. The summed E-state index contributed by atoms with van der Waals surface area (Å²) >= 11 is 1.24. The van der Waals surface area contributed by atoms with Crippen molar-refractivity contribution in [2.75, 3.05) is 5.75 Å². The van der Waals surface area contributed by atoms with Crippen LogP contribution in [0, 0.1) is 27.7 Å². The highest BCUT2D eigenvalue weighted by molar-refractivity contribution is 7.99. The predicted molar refractivity (Wildman–Crippen MR) is 106 cm³/mol. The Morgan fingerprint density at radius 3 is 2.52 bits per heavy atom. The van der Waals surface area contributed by atoms with Crippen molar-refractivity contribution in [1.82, 2.24) is 10.2 Å². The molecule has 0 amide bonds. The maximum Gasteiger partial charge on any atom is 0.277 e. The zero-order valence-corrected chi connectivity index (χ0v) is 16.7. The van der Waals surface area contributed by atoms with Crippen LogP contribution in [-0.4, -0.2) is 21.7 Å². The molecule has 0 atom stereocenters. The van der Waals surface area contributed by atoms with E-state index in [2.05, 4.69) is 10.2 Å². The molecule has 27 heavy (non-hydrogen) atoms. The Morgan fingerprint density at radius 2 is 1.74 bits per heavy atom. The molecule has 140 valence electrons. The van der Waals surface area contributed by atoms with Crippen LogP contribution in [-0.2, 0) is 6.61 Å². The third-order valence-electron chi connectivity index (χ3n) is 4.15. The summed E-state index contributed by atoms with van der Waals surface area (Å²) in [6, 6.07) is 11.8. The fourth-order valence-electron chi connectivity index (χ4n) is 2.69. The number of aromatic nitrogens is 2.